The molecule has 0 atom stereocenters. The second-order valence-electron chi connectivity index (χ2n) is 4.34. The zero-order chi connectivity index (χ0) is 15.2. The van der Waals surface area contributed by atoms with Crippen LogP contribution in [0.1, 0.15) is 12.5 Å². The lowest BCUT2D eigenvalue weighted by molar-refractivity contribution is 0.388. The smallest absolute Gasteiger partial charge is 0.174 e. The third kappa shape index (κ3) is 3.45. The van der Waals surface area contributed by atoms with Gasteiger partial charge in [0, 0.05) is 18.9 Å². The molecule has 108 valence electrons. The summed E-state index contributed by atoms with van der Waals surface area (Å²) in [6.07, 6.45) is 5.83. The molecule has 0 radical (unpaired) electrons. The van der Waals surface area contributed by atoms with E-state index in [1.807, 2.05) is 18.2 Å². The first-order valence-electron chi connectivity index (χ1n) is 6.47. The number of aliphatic hydroxyl groups is 1. The van der Waals surface area contributed by atoms with Gasteiger partial charge in [-0.3, -0.25) is 9.97 Å². The van der Waals surface area contributed by atoms with Crippen molar-refractivity contribution < 1.29 is 9.50 Å². The Hall–Kier alpha value is -2.69. The highest BCUT2D eigenvalue weighted by Gasteiger charge is 2.07. The molecular formula is C16H16FN3O. The second kappa shape index (κ2) is 6.65. The predicted octanol–water partition coefficient (Wildman–Crippen LogP) is 3.55. The number of aromatic nitrogens is 2. The van der Waals surface area contributed by atoms with Crippen LogP contribution in [0.15, 0.2) is 66.6 Å². The fraction of sp³-hybridized carbons (Fsp3) is 0.125. The number of halogens is 1. The molecule has 1 heterocycles. The molecular weight excluding hydrogens is 269 g/mol. The predicted molar refractivity (Wildman–Crippen MR) is 81.1 cm³/mol. The number of aliphatic hydroxyl groups excluding tert-OH is 1. The Bertz CT molecular complexity index is 722. The minimum Gasteiger partial charge on any atom is -0.503 e. The third-order valence-electron chi connectivity index (χ3n) is 2.97. The number of hydrogen-bond donors (Lipinski definition) is 2. The molecule has 0 spiro atoms. The van der Waals surface area contributed by atoms with Gasteiger partial charge in [-0.15, -0.1) is 0 Å². The van der Waals surface area contributed by atoms with Crippen molar-refractivity contribution in [2.24, 2.45) is 0 Å². The summed E-state index contributed by atoms with van der Waals surface area (Å²) in [5.74, 6) is -1.21. The van der Waals surface area contributed by atoms with Crippen LogP contribution in [0.25, 0.3) is 11.0 Å². The van der Waals surface area contributed by atoms with Crippen molar-refractivity contribution in [3.8, 4) is 0 Å². The van der Waals surface area contributed by atoms with Gasteiger partial charge >= 0.3 is 0 Å². The summed E-state index contributed by atoms with van der Waals surface area (Å²) >= 11 is 0. The normalized spacial score (nSPS) is 13.0. The number of nitrogens with one attached hydrogen (secondary N) is 1. The first-order valence-corrected chi connectivity index (χ1v) is 6.47. The largest absolute Gasteiger partial charge is 0.503 e. The molecule has 1 aromatic heterocycles. The fourth-order valence-corrected chi connectivity index (χ4v) is 1.86. The van der Waals surface area contributed by atoms with Crippen LogP contribution in [-0.2, 0) is 6.54 Å². The highest BCUT2D eigenvalue weighted by atomic mass is 19.1. The van der Waals surface area contributed by atoms with Gasteiger partial charge in [0.25, 0.3) is 0 Å². The van der Waals surface area contributed by atoms with E-state index in [0.717, 1.165) is 22.7 Å². The summed E-state index contributed by atoms with van der Waals surface area (Å²) < 4.78 is 13.3. The molecule has 0 unspecified atom stereocenters. The van der Waals surface area contributed by atoms with E-state index in [4.69, 9.17) is 0 Å². The lowest BCUT2D eigenvalue weighted by Crippen LogP contribution is -2.15. The minimum absolute atomic E-state index is 0.312. The molecule has 0 aliphatic rings. The quantitative estimate of drug-likeness (QED) is 0.651. The van der Waals surface area contributed by atoms with Crippen LogP contribution in [0, 0.1) is 0 Å². The van der Waals surface area contributed by atoms with E-state index in [1.165, 1.54) is 0 Å². The first-order chi connectivity index (χ1) is 10.2. The third-order valence-corrected chi connectivity index (χ3v) is 2.97. The van der Waals surface area contributed by atoms with Gasteiger partial charge in [-0.05, 0) is 30.7 Å². The van der Waals surface area contributed by atoms with E-state index >= 15 is 0 Å². The van der Waals surface area contributed by atoms with Crippen LogP contribution in [0.5, 0.6) is 0 Å². The van der Waals surface area contributed by atoms with Crippen LogP contribution in [0.2, 0.25) is 0 Å². The Morgan fingerprint density at radius 2 is 2.05 bits per heavy atom. The lowest BCUT2D eigenvalue weighted by atomic mass is 10.2. The fourth-order valence-electron chi connectivity index (χ4n) is 1.86. The van der Waals surface area contributed by atoms with E-state index < -0.39 is 11.6 Å². The maximum atomic E-state index is 13.3. The summed E-state index contributed by atoms with van der Waals surface area (Å²) in [5, 5.41) is 12.7. The molecule has 1 aromatic carbocycles. The van der Waals surface area contributed by atoms with Gasteiger partial charge in [0.1, 0.15) is 0 Å². The Labute approximate surface area is 122 Å². The maximum absolute atomic E-state index is 13.3. The van der Waals surface area contributed by atoms with Gasteiger partial charge in [0.05, 0.1) is 16.7 Å². The van der Waals surface area contributed by atoms with Crippen LogP contribution < -0.4 is 5.32 Å². The number of rotatable bonds is 5. The highest BCUT2D eigenvalue weighted by Crippen LogP contribution is 2.14. The topological polar surface area (TPSA) is 58.0 Å². The molecule has 0 bridgehead atoms. The van der Waals surface area contributed by atoms with Gasteiger partial charge in [-0.1, -0.05) is 18.7 Å². The molecule has 0 saturated carbocycles. The SMILES string of the molecule is C=C/C(F)=C(O)\C(=C/C)NCc1ccc2nccnc2c1. The van der Waals surface area contributed by atoms with E-state index in [9.17, 15) is 9.50 Å². The van der Waals surface area contributed by atoms with Gasteiger partial charge in [0.2, 0.25) is 0 Å². The Kier molecular flexibility index (Phi) is 4.66. The Morgan fingerprint density at radius 1 is 1.33 bits per heavy atom. The van der Waals surface area contributed by atoms with Crippen LogP contribution in [-0.4, -0.2) is 15.1 Å². The minimum atomic E-state index is -0.764. The molecule has 0 saturated heterocycles. The van der Waals surface area contributed by atoms with Crippen molar-refractivity contribution in [1.82, 2.24) is 15.3 Å². The summed E-state index contributed by atoms with van der Waals surface area (Å²) in [5.41, 5.74) is 2.87. The van der Waals surface area contributed by atoms with Crippen molar-refractivity contribution in [2.45, 2.75) is 13.5 Å². The van der Waals surface area contributed by atoms with Crippen molar-refractivity contribution in [3.05, 3.63) is 72.2 Å². The molecule has 4 nitrogen and oxygen atoms in total. The standard InChI is InChI=1S/C16H16FN3O/c1-3-12(17)16(21)13(4-2)20-10-11-5-6-14-15(9-11)19-8-7-18-14/h3-9,20-21H,1,10H2,2H3/b13-4+,16-12-. The van der Waals surface area contributed by atoms with Crippen molar-refractivity contribution in [1.29, 1.82) is 0 Å². The van der Waals surface area contributed by atoms with Crippen molar-refractivity contribution in [2.75, 3.05) is 0 Å². The number of allylic oxidation sites excluding steroid dienone is 3. The molecule has 0 amide bonds. The zero-order valence-electron chi connectivity index (χ0n) is 11.7. The average Bonchev–Trinajstić information content (AvgIpc) is 2.54. The molecule has 0 aliphatic carbocycles. The summed E-state index contributed by atoms with van der Waals surface area (Å²) in [6, 6.07) is 5.67. The Morgan fingerprint density at radius 3 is 2.71 bits per heavy atom. The van der Waals surface area contributed by atoms with Gasteiger partial charge in [-0.2, -0.15) is 0 Å². The molecule has 21 heavy (non-hydrogen) atoms. The van der Waals surface area contributed by atoms with E-state index in [1.54, 1.807) is 25.4 Å². The van der Waals surface area contributed by atoms with E-state index in [0.29, 0.717) is 12.2 Å². The van der Waals surface area contributed by atoms with E-state index in [-0.39, 0.29) is 0 Å². The lowest BCUT2D eigenvalue weighted by Gasteiger charge is -2.10. The van der Waals surface area contributed by atoms with Crippen molar-refractivity contribution >= 4 is 11.0 Å². The number of fused-ring (bicyclic) bond motifs is 1. The average molecular weight is 285 g/mol. The maximum Gasteiger partial charge on any atom is 0.174 e. The van der Waals surface area contributed by atoms with Gasteiger partial charge in [0.15, 0.2) is 11.6 Å². The molecule has 5 heteroatoms. The molecule has 2 aromatic rings. The molecule has 2 rings (SSSR count). The first kappa shape index (κ1) is 14.7. The number of benzene rings is 1. The van der Waals surface area contributed by atoms with Gasteiger partial charge in [-0.25, -0.2) is 4.39 Å². The van der Waals surface area contributed by atoms with Crippen molar-refractivity contribution in [3.63, 3.8) is 0 Å². The van der Waals surface area contributed by atoms with Crippen LogP contribution in [0.4, 0.5) is 4.39 Å². The summed E-state index contributed by atoms with van der Waals surface area (Å²) in [6.45, 7) is 5.43. The number of nitrogens with zero attached hydrogens (tertiary/aromatic N) is 2. The molecule has 2 N–H and O–H groups in total. The second-order valence-corrected chi connectivity index (χ2v) is 4.34. The Balaban J connectivity index is 2.15. The van der Waals surface area contributed by atoms with Crippen LogP contribution in [0.3, 0.4) is 0 Å². The van der Waals surface area contributed by atoms with Crippen LogP contribution >= 0.6 is 0 Å². The molecule has 0 fully saturated rings. The number of hydrogen-bond acceptors (Lipinski definition) is 4. The summed E-state index contributed by atoms with van der Waals surface area (Å²) in [4.78, 5) is 8.42. The van der Waals surface area contributed by atoms with Gasteiger partial charge < -0.3 is 10.4 Å². The highest BCUT2D eigenvalue weighted by molar-refractivity contribution is 5.74. The molecule has 0 aliphatic heterocycles. The monoisotopic (exact) mass is 285 g/mol. The van der Waals surface area contributed by atoms with E-state index in [2.05, 4.69) is 21.9 Å². The zero-order valence-corrected chi connectivity index (χ0v) is 11.7. The summed E-state index contributed by atoms with van der Waals surface area (Å²) in [7, 11) is 0.